The van der Waals surface area contributed by atoms with Gasteiger partial charge >= 0.3 is 0 Å². The minimum absolute atomic E-state index is 0.00788. The number of likely N-dealkylation sites (tertiary alicyclic amines) is 1. The van der Waals surface area contributed by atoms with Crippen molar-refractivity contribution in [3.05, 3.63) is 23.3 Å². The standard InChI is InChI=1S/C20H27N3O4/c1-14-4-5-16(19-18(14)26-10-3-11-27-19)20(25)22-12-15-6-9-23(8-2-7-21)13-17(15)24/h4-5,15,17,24H,2-3,6,8-13H2,1H3,(H,22,25)/t15-,17+/m0/s1. The number of carbonyl (C=O) groups excluding carboxylic acids is 1. The number of nitrogens with one attached hydrogen (secondary N) is 1. The van der Waals surface area contributed by atoms with Crippen molar-refractivity contribution in [3.63, 3.8) is 0 Å². The van der Waals surface area contributed by atoms with E-state index in [1.165, 1.54) is 0 Å². The maximum Gasteiger partial charge on any atom is 0.255 e. The maximum atomic E-state index is 12.7. The van der Waals surface area contributed by atoms with Crippen molar-refractivity contribution in [1.82, 2.24) is 10.2 Å². The lowest BCUT2D eigenvalue weighted by Gasteiger charge is -2.35. The molecule has 0 unspecified atom stereocenters. The molecular formula is C20H27N3O4. The molecule has 2 heterocycles. The van der Waals surface area contributed by atoms with Gasteiger partial charge in [0.15, 0.2) is 11.5 Å². The zero-order valence-corrected chi connectivity index (χ0v) is 15.7. The Morgan fingerprint density at radius 3 is 2.89 bits per heavy atom. The van der Waals surface area contributed by atoms with Gasteiger partial charge in [-0.1, -0.05) is 6.07 Å². The van der Waals surface area contributed by atoms with E-state index >= 15 is 0 Å². The second-order valence-corrected chi connectivity index (χ2v) is 7.17. The van der Waals surface area contributed by atoms with Crippen LogP contribution in [0, 0.1) is 24.2 Å². The third kappa shape index (κ3) is 4.71. The van der Waals surface area contributed by atoms with Crippen molar-refractivity contribution in [2.24, 2.45) is 5.92 Å². The Morgan fingerprint density at radius 2 is 2.15 bits per heavy atom. The first kappa shape index (κ1) is 19.5. The fourth-order valence-electron chi connectivity index (χ4n) is 3.58. The average molecular weight is 373 g/mol. The van der Waals surface area contributed by atoms with Crippen LogP contribution in [0.15, 0.2) is 12.1 Å². The van der Waals surface area contributed by atoms with Crippen LogP contribution in [0.1, 0.15) is 35.2 Å². The number of benzene rings is 1. The summed E-state index contributed by atoms with van der Waals surface area (Å²) in [6.07, 6.45) is 1.53. The van der Waals surface area contributed by atoms with Crippen LogP contribution >= 0.6 is 0 Å². The number of ether oxygens (including phenoxy) is 2. The number of aliphatic hydroxyl groups excluding tert-OH is 1. The third-order valence-corrected chi connectivity index (χ3v) is 5.21. The molecule has 7 nitrogen and oxygen atoms in total. The first-order valence-corrected chi connectivity index (χ1v) is 9.55. The lowest BCUT2D eigenvalue weighted by molar-refractivity contribution is 0.0230. The number of nitrogens with zero attached hydrogens (tertiary/aromatic N) is 2. The summed E-state index contributed by atoms with van der Waals surface area (Å²) in [7, 11) is 0. The van der Waals surface area contributed by atoms with E-state index < -0.39 is 6.10 Å². The predicted molar refractivity (Wildman–Crippen MR) is 99.9 cm³/mol. The SMILES string of the molecule is Cc1ccc(C(=O)NC[C@@H]2CCN(CCC#N)C[C@H]2O)c2c1OCCCO2. The molecule has 1 aromatic rings. The molecule has 3 rings (SSSR count). The molecule has 1 aromatic carbocycles. The van der Waals surface area contributed by atoms with Gasteiger partial charge in [-0.15, -0.1) is 0 Å². The predicted octanol–water partition coefficient (Wildman–Crippen LogP) is 1.48. The molecule has 27 heavy (non-hydrogen) atoms. The van der Waals surface area contributed by atoms with Gasteiger partial charge < -0.3 is 19.9 Å². The minimum Gasteiger partial charge on any atom is -0.489 e. The van der Waals surface area contributed by atoms with Crippen molar-refractivity contribution < 1.29 is 19.4 Å². The molecule has 146 valence electrons. The number of rotatable bonds is 5. The molecule has 2 atom stereocenters. The number of nitriles is 1. The van der Waals surface area contributed by atoms with E-state index in [4.69, 9.17) is 14.7 Å². The second kappa shape index (κ2) is 9.07. The third-order valence-electron chi connectivity index (χ3n) is 5.21. The van der Waals surface area contributed by atoms with E-state index in [1.54, 1.807) is 6.07 Å². The molecule has 0 spiro atoms. The number of carbonyl (C=O) groups is 1. The molecule has 0 aliphatic carbocycles. The topological polar surface area (TPSA) is 94.8 Å². The number of piperidine rings is 1. The molecule has 0 saturated carbocycles. The van der Waals surface area contributed by atoms with Gasteiger partial charge in [0, 0.05) is 38.4 Å². The Bertz CT molecular complexity index is 716. The summed E-state index contributed by atoms with van der Waals surface area (Å²) < 4.78 is 11.5. The van der Waals surface area contributed by atoms with Gasteiger partial charge in [-0.05, 0) is 31.5 Å². The Morgan fingerprint density at radius 1 is 1.37 bits per heavy atom. The van der Waals surface area contributed by atoms with E-state index in [0.717, 1.165) is 24.9 Å². The largest absolute Gasteiger partial charge is 0.489 e. The van der Waals surface area contributed by atoms with Gasteiger partial charge in [-0.3, -0.25) is 9.69 Å². The van der Waals surface area contributed by atoms with E-state index in [9.17, 15) is 9.90 Å². The average Bonchev–Trinajstić information content (AvgIpc) is 2.92. The molecule has 1 fully saturated rings. The van der Waals surface area contributed by atoms with Crippen LogP contribution in [0.25, 0.3) is 0 Å². The summed E-state index contributed by atoms with van der Waals surface area (Å²) >= 11 is 0. The van der Waals surface area contributed by atoms with Crippen molar-refractivity contribution in [2.75, 3.05) is 39.4 Å². The van der Waals surface area contributed by atoms with E-state index in [-0.39, 0.29) is 11.8 Å². The molecule has 0 aromatic heterocycles. The summed E-state index contributed by atoms with van der Waals surface area (Å²) in [5.41, 5.74) is 1.42. The van der Waals surface area contributed by atoms with Gasteiger partial charge in [-0.2, -0.15) is 5.26 Å². The normalized spacial score (nSPS) is 22.6. The van der Waals surface area contributed by atoms with Crippen molar-refractivity contribution in [2.45, 2.75) is 32.3 Å². The Hall–Kier alpha value is -2.30. The fraction of sp³-hybridized carbons (Fsp3) is 0.600. The van der Waals surface area contributed by atoms with Gasteiger partial charge in [-0.25, -0.2) is 0 Å². The highest BCUT2D eigenvalue weighted by Gasteiger charge is 2.28. The number of aryl methyl sites for hydroxylation is 1. The van der Waals surface area contributed by atoms with E-state index in [1.807, 2.05) is 13.0 Å². The van der Waals surface area contributed by atoms with Crippen LogP contribution in [0.3, 0.4) is 0 Å². The number of amides is 1. The zero-order chi connectivity index (χ0) is 19.2. The number of β-amino-alcohol motifs (C(OH)–C–C–N with tert-alkyl or cyclic N) is 1. The van der Waals surface area contributed by atoms with Crippen molar-refractivity contribution in [3.8, 4) is 17.6 Å². The highest BCUT2D eigenvalue weighted by atomic mass is 16.5. The molecule has 0 bridgehead atoms. The molecular weight excluding hydrogens is 346 g/mol. The zero-order valence-electron chi connectivity index (χ0n) is 15.7. The van der Waals surface area contributed by atoms with Crippen LogP contribution < -0.4 is 14.8 Å². The molecule has 0 radical (unpaired) electrons. The molecule has 1 amide bonds. The van der Waals surface area contributed by atoms with Crippen LogP contribution in [-0.4, -0.2) is 61.4 Å². The molecule has 2 aliphatic rings. The monoisotopic (exact) mass is 373 g/mol. The first-order valence-electron chi connectivity index (χ1n) is 9.55. The Balaban J connectivity index is 1.60. The van der Waals surface area contributed by atoms with Gasteiger partial charge in [0.05, 0.1) is 31.0 Å². The Labute approximate surface area is 159 Å². The molecule has 7 heteroatoms. The fourth-order valence-corrected chi connectivity index (χ4v) is 3.58. The highest BCUT2D eigenvalue weighted by molar-refractivity contribution is 5.98. The first-order chi connectivity index (χ1) is 13.1. The Kier molecular flexibility index (Phi) is 6.54. The summed E-state index contributed by atoms with van der Waals surface area (Å²) in [4.78, 5) is 14.8. The van der Waals surface area contributed by atoms with Crippen molar-refractivity contribution in [1.29, 1.82) is 5.26 Å². The summed E-state index contributed by atoms with van der Waals surface area (Å²) in [6, 6.07) is 5.76. The van der Waals surface area contributed by atoms with Gasteiger partial charge in [0.25, 0.3) is 5.91 Å². The van der Waals surface area contributed by atoms with Crippen LogP contribution in [0.5, 0.6) is 11.5 Å². The lowest BCUT2D eigenvalue weighted by atomic mass is 9.93. The smallest absolute Gasteiger partial charge is 0.255 e. The van der Waals surface area contributed by atoms with E-state index in [2.05, 4.69) is 16.3 Å². The van der Waals surface area contributed by atoms with Gasteiger partial charge in [0.1, 0.15) is 0 Å². The molecule has 2 aliphatic heterocycles. The van der Waals surface area contributed by atoms with Gasteiger partial charge in [0.2, 0.25) is 0 Å². The second-order valence-electron chi connectivity index (χ2n) is 7.17. The van der Waals surface area contributed by atoms with E-state index in [0.29, 0.717) is 56.3 Å². The molecule has 2 N–H and O–H groups in total. The maximum absolute atomic E-state index is 12.7. The van der Waals surface area contributed by atoms with Crippen molar-refractivity contribution >= 4 is 5.91 Å². The lowest BCUT2D eigenvalue weighted by Crippen LogP contribution is -2.47. The number of fused-ring (bicyclic) bond motifs is 1. The summed E-state index contributed by atoms with van der Waals surface area (Å²) in [5.74, 6) is 0.951. The van der Waals surface area contributed by atoms with Crippen LogP contribution in [-0.2, 0) is 0 Å². The van der Waals surface area contributed by atoms with Crippen LogP contribution in [0.4, 0.5) is 0 Å². The molecule has 1 saturated heterocycles. The number of hydrogen-bond acceptors (Lipinski definition) is 6. The minimum atomic E-state index is -0.507. The number of hydrogen-bond donors (Lipinski definition) is 2. The number of aliphatic hydroxyl groups is 1. The summed E-state index contributed by atoms with van der Waals surface area (Å²) in [6.45, 7) is 5.50. The summed E-state index contributed by atoms with van der Waals surface area (Å²) in [5, 5.41) is 22.0. The highest BCUT2D eigenvalue weighted by Crippen LogP contribution is 2.36. The quantitative estimate of drug-likeness (QED) is 0.812. The van der Waals surface area contributed by atoms with Crippen LogP contribution in [0.2, 0.25) is 0 Å².